The second kappa shape index (κ2) is 4.38. The van der Waals surface area contributed by atoms with Crippen LogP contribution in [0.5, 0.6) is 0 Å². The molecule has 0 aliphatic rings. The highest BCUT2D eigenvalue weighted by atomic mass is 35.5. The van der Waals surface area contributed by atoms with Gasteiger partial charge in [-0.3, -0.25) is 0 Å². The summed E-state index contributed by atoms with van der Waals surface area (Å²) < 4.78 is 37.0. The fraction of sp³-hybridized carbons (Fsp3) is 0.333. The Bertz CT molecular complexity index is 352. The molecule has 1 rings (SSSR count). The highest BCUT2D eigenvalue weighted by molar-refractivity contribution is 6.31. The lowest BCUT2D eigenvalue weighted by molar-refractivity contribution is -0.137. The van der Waals surface area contributed by atoms with Crippen LogP contribution in [0.4, 0.5) is 13.2 Å². The third-order valence-electron chi connectivity index (χ3n) is 1.98. The first-order valence-corrected chi connectivity index (χ1v) is 4.56. The summed E-state index contributed by atoms with van der Waals surface area (Å²) in [6.45, 7) is 0.154. The van der Waals surface area contributed by atoms with Gasteiger partial charge in [-0.15, -0.1) is 0 Å². The van der Waals surface area contributed by atoms with Gasteiger partial charge in [-0.25, -0.2) is 0 Å². The van der Waals surface area contributed by atoms with E-state index in [0.717, 1.165) is 6.07 Å². The minimum atomic E-state index is -4.44. The van der Waals surface area contributed by atoms with Crippen molar-refractivity contribution in [1.82, 2.24) is 0 Å². The molecule has 0 saturated heterocycles. The van der Waals surface area contributed by atoms with Crippen LogP contribution in [0.25, 0.3) is 0 Å². The summed E-state index contributed by atoms with van der Waals surface area (Å²) in [5, 5.41) is -0.357. The molecule has 0 aliphatic carbocycles. The van der Waals surface area contributed by atoms with Crippen molar-refractivity contribution in [3.05, 3.63) is 34.3 Å². The molecule has 15 heavy (non-hydrogen) atoms. The average molecular weight is 239 g/mol. The quantitative estimate of drug-likeness (QED) is 0.831. The van der Waals surface area contributed by atoms with Crippen LogP contribution >= 0.6 is 11.6 Å². The van der Waals surface area contributed by atoms with Crippen LogP contribution in [0.1, 0.15) is 17.2 Å². The third-order valence-corrected chi connectivity index (χ3v) is 2.29. The number of hydrogen-bond acceptors (Lipinski definition) is 2. The summed E-state index contributed by atoms with van der Waals surface area (Å²) in [5.41, 5.74) is 10.5. The summed E-state index contributed by atoms with van der Waals surface area (Å²) in [7, 11) is 0. The maximum absolute atomic E-state index is 12.3. The molecule has 1 unspecified atom stereocenters. The molecule has 0 aliphatic heterocycles. The molecule has 84 valence electrons. The zero-order chi connectivity index (χ0) is 11.6. The Morgan fingerprint density at radius 2 is 1.93 bits per heavy atom. The highest BCUT2D eigenvalue weighted by Gasteiger charge is 2.33. The molecular formula is C9H10ClF3N2. The van der Waals surface area contributed by atoms with Crippen LogP contribution in [0.2, 0.25) is 5.02 Å². The molecule has 1 atom stereocenters. The predicted molar refractivity (Wildman–Crippen MR) is 52.4 cm³/mol. The molecule has 0 fully saturated rings. The van der Waals surface area contributed by atoms with E-state index < -0.39 is 17.8 Å². The van der Waals surface area contributed by atoms with E-state index in [2.05, 4.69) is 0 Å². The van der Waals surface area contributed by atoms with Gasteiger partial charge in [0.05, 0.1) is 10.6 Å². The maximum Gasteiger partial charge on any atom is 0.417 e. The van der Waals surface area contributed by atoms with Crippen LogP contribution in [0, 0.1) is 0 Å². The Balaban J connectivity index is 3.09. The number of alkyl halides is 3. The van der Waals surface area contributed by atoms with Crippen molar-refractivity contribution in [3.63, 3.8) is 0 Å². The fourth-order valence-corrected chi connectivity index (χ4v) is 1.42. The molecule has 0 heterocycles. The molecule has 4 N–H and O–H groups in total. The molecule has 0 aromatic heterocycles. The Morgan fingerprint density at radius 3 is 2.33 bits per heavy atom. The molecule has 1 aromatic carbocycles. The largest absolute Gasteiger partial charge is 0.417 e. The fourth-order valence-electron chi connectivity index (χ4n) is 1.13. The predicted octanol–water partition coefficient (Wildman–Crippen LogP) is 2.32. The number of halogens is 4. The second-order valence-corrected chi connectivity index (χ2v) is 3.49. The number of nitrogens with two attached hydrogens (primary N) is 2. The van der Waals surface area contributed by atoms with Gasteiger partial charge in [0.1, 0.15) is 0 Å². The van der Waals surface area contributed by atoms with Crippen molar-refractivity contribution >= 4 is 11.6 Å². The zero-order valence-electron chi connectivity index (χ0n) is 7.68. The Hall–Kier alpha value is -0.780. The van der Waals surface area contributed by atoms with Crippen LogP contribution < -0.4 is 11.5 Å². The molecule has 6 heteroatoms. The van der Waals surface area contributed by atoms with E-state index in [1.807, 2.05) is 0 Å². The summed E-state index contributed by atoms with van der Waals surface area (Å²) >= 11 is 5.50. The van der Waals surface area contributed by atoms with E-state index in [1.54, 1.807) is 0 Å². The first-order chi connectivity index (χ1) is 6.86. The molecule has 0 spiro atoms. The minimum Gasteiger partial charge on any atom is -0.329 e. The van der Waals surface area contributed by atoms with Gasteiger partial charge < -0.3 is 11.5 Å². The first-order valence-electron chi connectivity index (χ1n) is 4.18. The van der Waals surface area contributed by atoms with Crippen LogP contribution in [0.15, 0.2) is 18.2 Å². The van der Waals surface area contributed by atoms with Gasteiger partial charge in [0.15, 0.2) is 0 Å². The van der Waals surface area contributed by atoms with Gasteiger partial charge in [-0.2, -0.15) is 13.2 Å². The van der Waals surface area contributed by atoms with Gasteiger partial charge in [-0.05, 0) is 17.7 Å². The topological polar surface area (TPSA) is 52.0 Å². The average Bonchev–Trinajstić information content (AvgIpc) is 2.14. The first kappa shape index (κ1) is 12.3. The van der Waals surface area contributed by atoms with E-state index in [-0.39, 0.29) is 11.6 Å². The van der Waals surface area contributed by atoms with Crippen LogP contribution in [0.3, 0.4) is 0 Å². The smallest absolute Gasteiger partial charge is 0.329 e. The summed E-state index contributed by atoms with van der Waals surface area (Å²) in [6.07, 6.45) is -4.44. The minimum absolute atomic E-state index is 0.154. The van der Waals surface area contributed by atoms with Crippen molar-refractivity contribution in [3.8, 4) is 0 Å². The van der Waals surface area contributed by atoms with Gasteiger partial charge in [0, 0.05) is 12.6 Å². The number of rotatable bonds is 2. The molecule has 0 radical (unpaired) electrons. The van der Waals surface area contributed by atoms with Gasteiger partial charge >= 0.3 is 6.18 Å². The third kappa shape index (κ3) is 2.84. The lowest BCUT2D eigenvalue weighted by Gasteiger charge is -2.13. The van der Waals surface area contributed by atoms with Crippen molar-refractivity contribution in [2.45, 2.75) is 12.2 Å². The molecular weight excluding hydrogens is 229 g/mol. The molecule has 0 bridgehead atoms. The van der Waals surface area contributed by atoms with Crippen molar-refractivity contribution < 1.29 is 13.2 Å². The molecule has 0 saturated carbocycles. The Kier molecular flexibility index (Phi) is 3.59. The van der Waals surface area contributed by atoms with E-state index in [0.29, 0.717) is 5.56 Å². The normalized spacial score (nSPS) is 14.0. The lowest BCUT2D eigenvalue weighted by Crippen LogP contribution is -2.21. The van der Waals surface area contributed by atoms with Crippen molar-refractivity contribution in [2.75, 3.05) is 6.54 Å². The van der Waals surface area contributed by atoms with Crippen LogP contribution in [-0.4, -0.2) is 6.54 Å². The van der Waals surface area contributed by atoms with Crippen LogP contribution in [-0.2, 0) is 6.18 Å². The monoisotopic (exact) mass is 238 g/mol. The summed E-state index contributed by atoms with van der Waals surface area (Å²) in [4.78, 5) is 0. The Morgan fingerprint density at radius 1 is 1.33 bits per heavy atom. The number of hydrogen-bond donors (Lipinski definition) is 2. The highest BCUT2D eigenvalue weighted by Crippen LogP contribution is 2.35. The van der Waals surface area contributed by atoms with Crippen molar-refractivity contribution in [2.24, 2.45) is 11.5 Å². The van der Waals surface area contributed by atoms with E-state index in [4.69, 9.17) is 23.1 Å². The summed E-state index contributed by atoms with van der Waals surface area (Å²) in [6, 6.07) is 2.89. The standard InChI is InChI=1S/C9H10ClF3N2/c10-7-3-5(8(15)4-14)1-2-6(7)9(11,12)13/h1-3,8H,4,14-15H2. The SMILES string of the molecule is NCC(N)c1ccc(C(F)(F)F)c(Cl)c1. The van der Waals surface area contributed by atoms with E-state index in [1.165, 1.54) is 12.1 Å². The molecule has 1 aromatic rings. The molecule has 2 nitrogen and oxygen atoms in total. The summed E-state index contributed by atoms with van der Waals surface area (Å²) in [5.74, 6) is 0. The second-order valence-electron chi connectivity index (χ2n) is 3.08. The maximum atomic E-state index is 12.3. The van der Waals surface area contributed by atoms with Gasteiger partial charge in [0.2, 0.25) is 0 Å². The Labute approximate surface area is 90.0 Å². The van der Waals surface area contributed by atoms with E-state index in [9.17, 15) is 13.2 Å². The van der Waals surface area contributed by atoms with Crippen molar-refractivity contribution in [1.29, 1.82) is 0 Å². The zero-order valence-corrected chi connectivity index (χ0v) is 8.44. The molecule has 0 amide bonds. The van der Waals surface area contributed by atoms with Gasteiger partial charge in [-0.1, -0.05) is 17.7 Å². The number of benzene rings is 1. The van der Waals surface area contributed by atoms with E-state index >= 15 is 0 Å². The lowest BCUT2D eigenvalue weighted by atomic mass is 10.1. The van der Waals surface area contributed by atoms with Gasteiger partial charge in [0.25, 0.3) is 0 Å².